The molecule has 1 aliphatic heterocycles. The van der Waals surface area contributed by atoms with Gasteiger partial charge in [0.2, 0.25) is 0 Å². The van der Waals surface area contributed by atoms with E-state index in [1.54, 1.807) is 0 Å². The van der Waals surface area contributed by atoms with Gasteiger partial charge in [-0.05, 0) is 38.1 Å². The predicted octanol–water partition coefficient (Wildman–Crippen LogP) is 2.73. The first-order chi connectivity index (χ1) is 10.6. The average molecular weight is 319 g/mol. The first kappa shape index (κ1) is 15.5. The van der Waals surface area contributed by atoms with Crippen LogP contribution in [0.15, 0.2) is 24.3 Å². The first-order valence-corrected chi connectivity index (χ1v) is 8.25. The third kappa shape index (κ3) is 3.35. The molecule has 5 heteroatoms. The molecule has 0 amide bonds. The molecule has 0 bridgehead atoms. The van der Waals surface area contributed by atoms with Crippen molar-refractivity contribution in [2.24, 2.45) is 0 Å². The summed E-state index contributed by atoms with van der Waals surface area (Å²) in [6, 6.07) is 7.95. The molecule has 0 aliphatic carbocycles. The summed E-state index contributed by atoms with van der Waals surface area (Å²) in [4.78, 5) is 7.27. The largest absolute Gasteiger partial charge is 0.327 e. The molecule has 1 aliphatic rings. The fraction of sp³-hybridized carbons (Fsp3) is 0.471. The third-order valence-electron chi connectivity index (χ3n) is 4.41. The van der Waals surface area contributed by atoms with Crippen molar-refractivity contribution in [1.29, 1.82) is 0 Å². The van der Waals surface area contributed by atoms with E-state index in [9.17, 15) is 0 Å². The number of piperazine rings is 1. The maximum Gasteiger partial charge on any atom is 0.140 e. The van der Waals surface area contributed by atoms with Crippen LogP contribution in [0.2, 0.25) is 5.02 Å². The maximum absolute atomic E-state index is 6.00. The summed E-state index contributed by atoms with van der Waals surface area (Å²) in [5.41, 5.74) is 3.48. The third-order valence-corrected chi connectivity index (χ3v) is 4.66. The molecule has 3 rings (SSSR count). The second kappa shape index (κ2) is 6.82. The zero-order valence-corrected chi connectivity index (χ0v) is 14.0. The van der Waals surface area contributed by atoms with E-state index in [4.69, 9.17) is 16.6 Å². The molecule has 0 spiro atoms. The first-order valence-electron chi connectivity index (χ1n) is 7.88. The van der Waals surface area contributed by atoms with Crippen molar-refractivity contribution in [3.05, 3.63) is 40.7 Å². The molecule has 2 heterocycles. The molecule has 1 aromatic heterocycles. The van der Waals surface area contributed by atoms with Gasteiger partial charge in [0.1, 0.15) is 5.82 Å². The van der Waals surface area contributed by atoms with Crippen LogP contribution < -0.4 is 5.32 Å². The number of halogens is 1. The molecule has 0 saturated carbocycles. The Kier molecular flexibility index (Phi) is 4.81. The second-order valence-electron chi connectivity index (χ2n) is 5.86. The Hall–Kier alpha value is -1.36. The van der Waals surface area contributed by atoms with Crippen molar-refractivity contribution in [2.45, 2.75) is 20.4 Å². The highest BCUT2D eigenvalue weighted by atomic mass is 35.5. The average Bonchev–Trinajstić information content (AvgIpc) is 2.82. The van der Waals surface area contributed by atoms with Crippen LogP contribution in [-0.2, 0) is 6.54 Å². The van der Waals surface area contributed by atoms with Crippen molar-refractivity contribution >= 4 is 11.6 Å². The minimum atomic E-state index is 0.760. The summed E-state index contributed by atoms with van der Waals surface area (Å²) in [5, 5.41) is 4.16. The van der Waals surface area contributed by atoms with Crippen molar-refractivity contribution in [2.75, 3.05) is 32.7 Å². The van der Waals surface area contributed by atoms with Gasteiger partial charge >= 0.3 is 0 Å². The van der Waals surface area contributed by atoms with Crippen LogP contribution in [0.4, 0.5) is 0 Å². The van der Waals surface area contributed by atoms with E-state index < -0.39 is 0 Å². The standard InChI is InChI=1S/C17H23ClN4/c1-13-14(2)22(12-11-21-9-7-19-8-10-21)17(20-13)15-3-5-16(18)6-4-15/h3-6,19H,7-12H2,1-2H3. The highest BCUT2D eigenvalue weighted by Gasteiger charge is 2.15. The number of aromatic nitrogens is 2. The molecule has 2 aromatic rings. The van der Waals surface area contributed by atoms with E-state index in [-0.39, 0.29) is 0 Å². The van der Waals surface area contributed by atoms with E-state index in [2.05, 4.69) is 28.6 Å². The second-order valence-corrected chi connectivity index (χ2v) is 6.29. The summed E-state index contributed by atoms with van der Waals surface area (Å²) >= 11 is 6.00. The van der Waals surface area contributed by atoms with Crippen LogP contribution in [0.25, 0.3) is 11.4 Å². The molecule has 1 N–H and O–H groups in total. The SMILES string of the molecule is Cc1nc(-c2ccc(Cl)cc2)n(CCN2CCNCC2)c1C. The molecule has 0 atom stereocenters. The number of imidazole rings is 1. The van der Waals surface area contributed by atoms with Gasteiger partial charge in [0, 0.05) is 55.5 Å². The number of hydrogen-bond acceptors (Lipinski definition) is 3. The fourth-order valence-corrected chi connectivity index (χ4v) is 3.05. The number of nitrogens with zero attached hydrogens (tertiary/aromatic N) is 3. The van der Waals surface area contributed by atoms with Gasteiger partial charge in [-0.15, -0.1) is 0 Å². The van der Waals surface area contributed by atoms with E-state index >= 15 is 0 Å². The summed E-state index contributed by atoms with van der Waals surface area (Å²) in [7, 11) is 0. The van der Waals surface area contributed by atoms with Crippen molar-refractivity contribution in [3.8, 4) is 11.4 Å². The number of nitrogens with one attached hydrogen (secondary N) is 1. The molecular formula is C17H23ClN4. The summed E-state index contributed by atoms with van der Waals surface area (Å²) < 4.78 is 2.33. The van der Waals surface area contributed by atoms with Gasteiger partial charge < -0.3 is 9.88 Å². The van der Waals surface area contributed by atoms with Crippen LogP contribution in [0.3, 0.4) is 0 Å². The van der Waals surface area contributed by atoms with Gasteiger partial charge in [0.25, 0.3) is 0 Å². The number of benzene rings is 1. The Labute approximate surface area is 137 Å². The van der Waals surface area contributed by atoms with Crippen LogP contribution in [0.1, 0.15) is 11.4 Å². The zero-order chi connectivity index (χ0) is 15.5. The molecule has 0 radical (unpaired) electrons. The van der Waals surface area contributed by atoms with E-state index in [0.29, 0.717) is 0 Å². The van der Waals surface area contributed by atoms with Crippen molar-refractivity contribution in [1.82, 2.24) is 19.8 Å². The predicted molar refractivity (Wildman–Crippen MR) is 91.5 cm³/mol. The summed E-state index contributed by atoms with van der Waals surface area (Å²) in [6.07, 6.45) is 0. The number of hydrogen-bond donors (Lipinski definition) is 1. The number of rotatable bonds is 4. The topological polar surface area (TPSA) is 33.1 Å². The Morgan fingerprint density at radius 3 is 2.45 bits per heavy atom. The number of aryl methyl sites for hydroxylation is 1. The fourth-order valence-electron chi connectivity index (χ4n) is 2.92. The molecule has 0 unspecified atom stereocenters. The van der Waals surface area contributed by atoms with Gasteiger partial charge in [-0.3, -0.25) is 4.90 Å². The van der Waals surface area contributed by atoms with E-state index in [1.165, 1.54) is 5.69 Å². The van der Waals surface area contributed by atoms with E-state index in [0.717, 1.165) is 61.4 Å². The monoisotopic (exact) mass is 318 g/mol. The highest BCUT2D eigenvalue weighted by molar-refractivity contribution is 6.30. The van der Waals surface area contributed by atoms with Crippen LogP contribution in [0, 0.1) is 13.8 Å². The highest BCUT2D eigenvalue weighted by Crippen LogP contribution is 2.23. The minimum absolute atomic E-state index is 0.760. The van der Waals surface area contributed by atoms with Crippen molar-refractivity contribution in [3.63, 3.8) is 0 Å². The lowest BCUT2D eigenvalue weighted by atomic mass is 10.2. The van der Waals surface area contributed by atoms with Gasteiger partial charge in [0.15, 0.2) is 0 Å². The van der Waals surface area contributed by atoms with Crippen LogP contribution in [-0.4, -0.2) is 47.2 Å². The van der Waals surface area contributed by atoms with Crippen molar-refractivity contribution < 1.29 is 0 Å². The Morgan fingerprint density at radius 1 is 1.09 bits per heavy atom. The molecule has 1 fully saturated rings. The van der Waals surface area contributed by atoms with Gasteiger partial charge in [-0.2, -0.15) is 0 Å². The Bertz CT molecular complexity index is 627. The lowest BCUT2D eigenvalue weighted by Gasteiger charge is -2.27. The van der Waals surface area contributed by atoms with Gasteiger partial charge in [-0.1, -0.05) is 11.6 Å². The van der Waals surface area contributed by atoms with Crippen LogP contribution >= 0.6 is 11.6 Å². The molecule has 118 valence electrons. The smallest absolute Gasteiger partial charge is 0.140 e. The minimum Gasteiger partial charge on any atom is -0.327 e. The van der Waals surface area contributed by atoms with Gasteiger partial charge in [-0.25, -0.2) is 4.98 Å². The summed E-state index contributed by atoms with van der Waals surface area (Å²) in [6.45, 7) is 10.7. The molecule has 4 nitrogen and oxygen atoms in total. The Balaban J connectivity index is 1.81. The maximum atomic E-state index is 6.00. The molecule has 1 saturated heterocycles. The quantitative estimate of drug-likeness (QED) is 0.941. The zero-order valence-electron chi connectivity index (χ0n) is 13.3. The molecule has 22 heavy (non-hydrogen) atoms. The lowest BCUT2D eigenvalue weighted by molar-refractivity contribution is 0.232. The molecular weight excluding hydrogens is 296 g/mol. The van der Waals surface area contributed by atoms with Crippen LogP contribution in [0.5, 0.6) is 0 Å². The van der Waals surface area contributed by atoms with E-state index in [1.807, 2.05) is 24.3 Å². The Morgan fingerprint density at radius 2 is 1.77 bits per heavy atom. The lowest BCUT2D eigenvalue weighted by Crippen LogP contribution is -2.44. The molecule has 1 aromatic carbocycles. The summed E-state index contributed by atoms with van der Waals surface area (Å²) in [5.74, 6) is 1.04. The van der Waals surface area contributed by atoms with Gasteiger partial charge in [0.05, 0.1) is 5.69 Å². The normalized spacial score (nSPS) is 16.1.